The summed E-state index contributed by atoms with van der Waals surface area (Å²) < 4.78 is 7.21. The van der Waals surface area contributed by atoms with Gasteiger partial charge in [-0.05, 0) is 12.8 Å². The molecule has 0 saturated carbocycles. The molecule has 0 bridgehead atoms. The Bertz CT molecular complexity index is 517. The summed E-state index contributed by atoms with van der Waals surface area (Å²) in [7, 11) is 1.76. The standard InChI is InChI=1S/C13H17N3O3/c1-15-8-10(7-14-15)12(18)16-5-4-13(11(17)9-16)3-2-6-19-13/h7-8H,2-6,9H2,1H3/t13-/m0/s1. The molecule has 1 aromatic rings. The number of rotatable bonds is 1. The zero-order valence-corrected chi connectivity index (χ0v) is 11.0. The summed E-state index contributed by atoms with van der Waals surface area (Å²) >= 11 is 0. The number of carbonyl (C=O) groups is 2. The summed E-state index contributed by atoms with van der Waals surface area (Å²) in [5.41, 5.74) is -0.0790. The fraction of sp³-hybridized carbons (Fsp3) is 0.615. The van der Waals surface area contributed by atoms with Crippen molar-refractivity contribution in [3.8, 4) is 0 Å². The highest BCUT2D eigenvalue weighted by Crippen LogP contribution is 2.33. The van der Waals surface area contributed by atoms with Crippen LogP contribution in [-0.2, 0) is 16.6 Å². The zero-order chi connectivity index (χ0) is 13.5. The number of nitrogens with zero attached hydrogens (tertiary/aromatic N) is 3. The molecule has 0 aliphatic carbocycles. The third-order valence-corrected chi connectivity index (χ3v) is 3.97. The fourth-order valence-corrected chi connectivity index (χ4v) is 2.85. The van der Waals surface area contributed by atoms with E-state index in [0.717, 1.165) is 12.8 Å². The number of aryl methyl sites for hydroxylation is 1. The molecule has 1 amide bonds. The Morgan fingerprint density at radius 2 is 2.32 bits per heavy atom. The molecule has 1 atom stereocenters. The predicted molar refractivity (Wildman–Crippen MR) is 66.7 cm³/mol. The van der Waals surface area contributed by atoms with Gasteiger partial charge in [-0.25, -0.2) is 0 Å². The number of hydrogen-bond donors (Lipinski definition) is 0. The number of likely N-dealkylation sites (tertiary alicyclic amines) is 1. The van der Waals surface area contributed by atoms with Gasteiger partial charge < -0.3 is 9.64 Å². The van der Waals surface area contributed by atoms with Crippen LogP contribution in [0.2, 0.25) is 0 Å². The lowest BCUT2D eigenvalue weighted by Gasteiger charge is -2.36. The van der Waals surface area contributed by atoms with Crippen molar-refractivity contribution in [1.29, 1.82) is 0 Å². The van der Waals surface area contributed by atoms with Crippen LogP contribution in [0.25, 0.3) is 0 Å². The molecule has 1 aromatic heterocycles. The molecule has 102 valence electrons. The number of piperidine rings is 1. The molecule has 2 fully saturated rings. The van der Waals surface area contributed by atoms with Crippen LogP contribution in [0.4, 0.5) is 0 Å². The third-order valence-electron chi connectivity index (χ3n) is 3.97. The van der Waals surface area contributed by atoms with Crippen LogP contribution in [0.15, 0.2) is 12.4 Å². The van der Waals surface area contributed by atoms with Crippen LogP contribution in [0.5, 0.6) is 0 Å². The topological polar surface area (TPSA) is 64.4 Å². The van der Waals surface area contributed by atoms with Crippen molar-refractivity contribution in [2.75, 3.05) is 19.7 Å². The average Bonchev–Trinajstić information content (AvgIpc) is 3.02. The molecular formula is C13H17N3O3. The highest BCUT2D eigenvalue weighted by Gasteiger charge is 2.46. The summed E-state index contributed by atoms with van der Waals surface area (Å²) in [5, 5.41) is 3.98. The number of hydrogen-bond acceptors (Lipinski definition) is 4. The molecule has 1 spiro atoms. The van der Waals surface area contributed by atoms with E-state index in [0.29, 0.717) is 25.1 Å². The highest BCUT2D eigenvalue weighted by atomic mass is 16.5. The molecule has 2 aliphatic heterocycles. The summed E-state index contributed by atoms with van der Waals surface area (Å²) in [4.78, 5) is 26.1. The number of amides is 1. The van der Waals surface area contributed by atoms with E-state index in [2.05, 4.69) is 5.10 Å². The summed E-state index contributed by atoms with van der Waals surface area (Å²) in [5.74, 6) is -0.0946. The van der Waals surface area contributed by atoms with Crippen molar-refractivity contribution < 1.29 is 14.3 Å². The van der Waals surface area contributed by atoms with Gasteiger partial charge in [0.2, 0.25) is 0 Å². The number of aromatic nitrogens is 2. The van der Waals surface area contributed by atoms with Gasteiger partial charge in [0.05, 0.1) is 18.3 Å². The van der Waals surface area contributed by atoms with E-state index in [1.165, 1.54) is 6.20 Å². The number of ketones is 1. The van der Waals surface area contributed by atoms with Crippen LogP contribution < -0.4 is 0 Å². The molecule has 2 saturated heterocycles. The lowest BCUT2D eigenvalue weighted by molar-refractivity contribution is -0.144. The SMILES string of the molecule is Cn1cc(C(=O)N2CC[C@@]3(CCCO3)C(=O)C2)cn1. The molecular weight excluding hydrogens is 246 g/mol. The molecule has 3 rings (SSSR count). The van der Waals surface area contributed by atoms with Crippen molar-refractivity contribution in [1.82, 2.24) is 14.7 Å². The maximum absolute atomic E-state index is 12.2. The largest absolute Gasteiger partial charge is 0.367 e. The molecule has 0 N–H and O–H groups in total. The number of ether oxygens (including phenoxy) is 1. The first-order chi connectivity index (χ1) is 9.11. The van der Waals surface area contributed by atoms with E-state index in [1.807, 2.05) is 0 Å². The second-order valence-electron chi connectivity index (χ2n) is 5.25. The normalized spacial score (nSPS) is 27.2. The Morgan fingerprint density at radius 1 is 1.47 bits per heavy atom. The van der Waals surface area contributed by atoms with Crippen LogP contribution in [0.3, 0.4) is 0 Å². The van der Waals surface area contributed by atoms with Crippen LogP contribution >= 0.6 is 0 Å². The van der Waals surface area contributed by atoms with Gasteiger partial charge in [0.15, 0.2) is 5.78 Å². The molecule has 0 aromatic carbocycles. The summed E-state index contributed by atoms with van der Waals surface area (Å²) in [6.45, 7) is 1.37. The van der Waals surface area contributed by atoms with Crippen LogP contribution in [0.1, 0.15) is 29.6 Å². The Balaban J connectivity index is 1.72. The van der Waals surface area contributed by atoms with Gasteiger partial charge in [-0.3, -0.25) is 14.3 Å². The van der Waals surface area contributed by atoms with Crippen molar-refractivity contribution >= 4 is 11.7 Å². The fourth-order valence-electron chi connectivity index (χ4n) is 2.85. The minimum absolute atomic E-state index is 0.0356. The monoisotopic (exact) mass is 263 g/mol. The first-order valence-electron chi connectivity index (χ1n) is 6.56. The predicted octanol–water partition coefficient (Wildman–Crippen LogP) is 0.384. The molecule has 3 heterocycles. The van der Waals surface area contributed by atoms with Crippen molar-refractivity contribution in [3.05, 3.63) is 18.0 Å². The smallest absolute Gasteiger partial charge is 0.257 e. The molecule has 6 nitrogen and oxygen atoms in total. The van der Waals surface area contributed by atoms with Gasteiger partial charge in [-0.2, -0.15) is 5.10 Å². The molecule has 2 aliphatic rings. The van der Waals surface area contributed by atoms with Gasteiger partial charge in [0, 0.05) is 32.8 Å². The molecule has 0 unspecified atom stereocenters. The van der Waals surface area contributed by atoms with Crippen molar-refractivity contribution in [2.24, 2.45) is 7.05 Å². The summed E-state index contributed by atoms with van der Waals surface area (Å²) in [6.07, 6.45) is 5.54. The minimum Gasteiger partial charge on any atom is -0.367 e. The van der Waals surface area contributed by atoms with Crippen LogP contribution in [0, 0.1) is 0 Å². The maximum Gasteiger partial charge on any atom is 0.257 e. The zero-order valence-electron chi connectivity index (χ0n) is 11.0. The van der Waals surface area contributed by atoms with E-state index >= 15 is 0 Å². The van der Waals surface area contributed by atoms with E-state index in [-0.39, 0.29) is 18.2 Å². The maximum atomic E-state index is 12.2. The first kappa shape index (κ1) is 12.3. The number of carbonyl (C=O) groups excluding carboxylic acids is 2. The summed E-state index contributed by atoms with van der Waals surface area (Å²) in [6, 6.07) is 0. The van der Waals surface area contributed by atoms with Crippen molar-refractivity contribution in [2.45, 2.75) is 24.9 Å². The van der Waals surface area contributed by atoms with Crippen molar-refractivity contribution in [3.63, 3.8) is 0 Å². The average molecular weight is 263 g/mol. The molecule has 0 radical (unpaired) electrons. The minimum atomic E-state index is -0.605. The second-order valence-corrected chi connectivity index (χ2v) is 5.25. The Kier molecular flexibility index (Phi) is 2.89. The second kappa shape index (κ2) is 4.45. The highest BCUT2D eigenvalue weighted by molar-refractivity contribution is 5.99. The lowest BCUT2D eigenvalue weighted by Crippen LogP contribution is -2.53. The van der Waals surface area contributed by atoms with Gasteiger partial charge in [0.1, 0.15) is 5.60 Å². The van der Waals surface area contributed by atoms with E-state index < -0.39 is 5.60 Å². The Morgan fingerprint density at radius 3 is 2.89 bits per heavy atom. The van der Waals surface area contributed by atoms with E-state index in [1.54, 1.807) is 22.8 Å². The van der Waals surface area contributed by atoms with Gasteiger partial charge >= 0.3 is 0 Å². The third kappa shape index (κ3) is 2.06. The molecule has 19 heavy (non-hydrogen) atoms. The Labute approximate surface area is 111 Å². The van der Waals surface area contributed by atoms with Gasteiger partial charge in [0.25, 0.3) is 5.91 Å². The lowest BCUT2D eigenvalue weighted by atomic mass is 9.87. The molecule has 6 heteroatoms. The van der Waals surface area contributed by atoms with E-state index in [9.17, 15) is 9.59 Å². The van der Waals surface area contributed by atoms with Crippen LogP contribution in [-0.4, -0.2) is 51.7 Å². The first-order valence-corrected chi connectivity index (χ1v) is 6.56. The van der Waals surface area contributed by atoms with Gasteiger partial charge in [-0.15, -0.1) is 0 Å². The quantitative estimate of drug-likeness (QED) is 0.735. The van der Waals surface area contributed by atoms with E-state index in [4.69, 9.17) is 4.74 Å². The Hall–Kier alpha value is -1.69. The number of Topliss-reactive ketones (excluding diaryl/α,β-unsaturated/α-hetero) is 1. The van der Waals surface area contributed by atoms with Gasteiger partial charge in [-0.1, -0.05) is 0 Å².